The first-order valence-corrected chi connectivity index (χ1v) is 8.92. The Hall–Kier alpha value is -3.51. The van der Waals surface area contributed by atoms with Crippen LogP contribution in [0.5, 0.6) is 0 Å². The number of hydrogen-bond donors (Lipinski definition) is 1. The highest BCUT2D eigenvalue weighted by atomic mass is 35.5. The van der Waals surface area contributed by atoms with Gasteiger partial charge in [0.05, 0.1) is 11.1 Å². The summed E-state index contributed by atoms with van der Waals surface area (Å²) in [5.41, 5.74) is 2.02. The van der Waals surface area contributed by atoms with E-state index in [1.54, 1.807) is 73.8 Å². The number of nitrogens with one attached hydrogen (secondary N) is 1. The summed E-state index contributed by atoms with van der Waals surface area (Å²) in [5, 5.41) is 3.84. The van der Waals surface area contributed by atoms with Crippen molar-refractivity contribution in [1.82, 2.24) is 14.5 Å². The minimum Gasteiger partial charge on any atom is -0.322 e. The number of amides is 1. The zero-order chi connectivity index (χ0) is 19.7. The molecule has 28 heavy (non-hydrogen) atoms. The maximum Gasteiger partial charge on any atom is 0.267 e. The van der Waals surface area contributed by atoms with Crippen LogP contribution < -0.4 is 10.9 Å². The number of benzene rings is 2. The molecule has 2 aromatic carbocycles. The molecule has 0 atom stereocenters. The van der Waals surface area contributed by atoms with Gasteiger partial charge in [0.15, 0.2) is 5.65 Å². The van der Waals surface area contributed by atoms with Crippen LogP contribution in [-0.4, -0.2) is 20.4 Å². The van der Waals surface area contributed by atoms with E-state index in [0.717, 1.165) is 0 Å². The summed E-state index contributed by atoms with van der Waals surface area (Å²) < 4.78 is 1.52. The fourth-order valence-corrected chi connectivity index (χ4v) is 3.05. The third-order valence-corrected chi connectivity index (χ3v) is 4.55. The molecule has 4 aromatic rings. The van der Waals surface area contributed by atoms with Gasteiger partial charge in [0, 0.05) is 22.5 Å². The average Bonchev–Trinajstić information content (AvgIpc) is 2.70. The van der Waals surface area contributed by atoms with Crippen LogP contribution in [0.3, 0.4) is 0 Å². The van der Waals surface area contributed by atoms with Crippen LogP contribution >= 0.6 is 11.6 Å². The van der Waals surface area contributed by atoms with Crippen LogP contribution in [0.25, 0.3) is 16.7 Å². The molecule has 4 rings (SSSR count). The fourth-order valence-electron chi connectivity index (χ4n) is 2.93. The van der Waals surface area contributed by atoms with Crippen molar-refractivity contribution in [2.45, 2.75) is 6.92 Å². The van der Waals surface area contributed by atoms with Gasteiger partial charge in [0.2, 0.25) is 0 Å². The van der Waals surface area contributed by atoms with Gasteiger partial charge >= 0.3 is 0 Å². The van der Waals surface area contributed by atoms with Crippen molar-refractivity contribution >= 4 is 34.2 Å². The Balaban J connectivity index is 1.63. The fraction of sp³-hybridized carbons (Fsp3) is 0.0476. The second kappa shape index (κ2) is 7.25. The van der Waals surface area contributed by atoms with Gasteiger partial charge in [-0.1, -0.05) is 11.6 Å². The summed E-state index contributed by atoms with van der Waals surface area (Å²) in [7, 11) is 0. The number of rotatable bonds is 3. The summed E-state index contributed by atoms with van der Waals surface area (Å²) in [6, 6.07) is 17.0. The Morgan fingerprint density at radius 3 is 2.46 bits per heavy atom. The Labute approximate surface area is 165 Å². The second-order valence-corrected chi connectivity index (χ2v) is 6.62. The zero-order valence-corrected chi connectivity index (χ0v) is 15.6. The number of pyridine rings is 1. The van der Waals surface area contributed by atoms with Gasteiger partial charge in [0.1, 0.15) is 5.82 Å². The number of aromatic nitrogens is 3. The number of fused-ring (bicyclic) bond motifs is 1. The topological polar surface area (TPSA) is 76.9 Å². The number of hydrogen-bond acceptors (Lipinski definition) is 4. The van der Waals surface area contributed by atoms with Crippen LogP contribution in [0.15, 0.2) is 71.7 Å². The van der Waals surface area contributed by atoms with E-state index in [2.05, 4.69) is 15.3 Å². The van der Waals surface area contributed by atoms with Gasteiger partial charge in [-0.25, -0.2) is 9.97 Å². The standard InChI is InChI=1S/C21H15ClN4O2/c1-13-24-19-18(3-2-12-23-19)21(28)26(13)17-10-8-16(9-11-17)25-20(27)14-4-6-15(22)7-5-14/h2-12H,1H3,(H,25,27). The SMILES string of the molecule is Cc1nc2ncccc2c(=O)n1-c1ccc(NC(=O)c2ccc(Cl)cc2)cc1. The monoisotopic (exact) mass is 390 g/mol. The van der Waals surface area contributed by atoms with E-state index in [1.165, 1.54) is 4.57 Å². The minimum atomic E-state index is -0.240. The van der Waals surface area contributed by atoms with Crippen molar-refractivity contribution in [2.24, 2.45) is 0 Å². The first kappa shape index (κ1) is 17.9. The lowest BCUT2D eigenvalue weighted by atomic mass is 10.2. The normalized spacial score (nSPS) is 10.8. The summed E-state index contributed by atoms with van der Waals surface area (Å²) in [4.78, 5) is 33.7. The van der Waals surface area contributed by atoms with E-state index in [4.69, 9.17) is 11.6 Å². The van der Waals surface area contributed by atoms with E-state index >= 15 is 0 Å². The highest BCUT2D eigenvalue weighted by Gasteiger charge is 2.11. The molecule has 0 saturated carbocycles. The number of carbonyl (C=O) groups is 1. The molecular formula is C21H15ClN4O2. The summed E-state index contributed by atoms with van der Waals surface area (Å²) >= 11 is 5.85. The van der Waals surface area contributed by atoms with Crippen LogP contribution in [-0.2, 0) is 0 Å². The van der Waals surface area contributed by atoms with Crippen molar-refractivity contribution in [1.29, 1.82) is 0 Å². The quantitative estimate of drug-likeness (QED) is 0.573. The third kappa shape index (κ3) is 3.37. The van der Waals surface area contributed by atoms with E-state index in [0.29, 0.717) is 38.8 Å². The Morgan fingerprint density at radius 2 is 1.75 bits per heavy atom. The molecule has 0 aliphatic rings. The van der Waals surface area contributed by atoms with Crippen molar-refractivity contribution < 1.29 is 4.79 Å². The van der Waals surface area contributed by atoms with Gasteiger partial charge in [-0.05, 0) is 67.6 Å². The molecule has 0 radical (unpaired) electrons. The molecule has 1 N–H and O–H groups in total. The summed E-state index contributed by atoms with van der Waals surface area (Å²) in [5.74, 6) is 0.297. The molecular weight excluding hydrogens is 376 g/mol. The van der Waals surface area contributed by atoms with E-state index in [1.807, 2.05) is 0 Å². The maximum atomic E-state index is 12.8. The minimum absolute atomic E-state index is 0.187. The van der Waals surface area contributed by atoms with Gasteiger partial charge in [0.25, 0.3) is 11.5 Å². The molecule has 2 heterocycles. The van der Waals surface area contributed by atoms with Crippen molar-refractivity contribution in [2.75, 3.05) is 5.32 Å². The molecule has 0 saturated heterocycles. The lowest BCUT2D eigenvalue weighted by molar-refractivity contribution is 0.102. The predicted octanol–water partition coefficient (Wildman–Crippen LogP) is 3.99. The first-order chi connectivity index (χ1) is 13.5. The Kier molecular flexibility index (Phi) is 4.63. The van der Waals surface area contributed by atoms with Crippen molar-refractivity contribution in [3.63, 3.8) is 0 Å². The molecule has 0 spiro atoms. The number of halogens is 1. The van der Waals surface area contributed by atoms with Gasteiger partial charge in [-0.15, -0.1) is 0 Å². The number of aryl methyl sites for hydroxylation is 1. The molecule has 0 aliphatic carbocycles. The zero-order valence-electron chi connectivity index (χ0n) is 14.9. The van der Waals surface area contributed by atoms with E-state index < -0.39 is 0 Å². The average molecular weight is 391 g/mol. The highest BCUT2D eigenvalue weighted by Crippen LogP contribution is 2.16. The van der Waals surface area contributed by atoms with Crippen LogP contribution in [0.2, 0.25) is 5.02 Å². The smallest absolute Gasteiger partial charge is 0.267 e. The molecule has 0 aliphatic heterocycles. The Morgan fingerprint density at radius 1 is 1.04 bits per heavy atom. The van der Waals surface area contributed by atoms with Gasteiger partial charge in [-0.3, -0.25) is 14.2 Å². The molecule has 1 amide bonds. The van der Waals surface area contributed by atoms with Crippen LogP contribution in [0, 0.1) is 6.92 Å². The first-order valence-electron chi connectivity index (χ1n) is 8.55. The van der Waals surface area contributed by atoms with Crippen LogP contribution in [0.4, 0.5) is 5.69 Å². The second-order valence-electron chi connectivity index (χ2n) is 6.18. The lowest BCUT2D eigenvalue weighted by Crippen LogP contribution is -2.22. The number of carbonyl (C=O) groups excluding carboxylic acids is 1. The molecule has 0 fully saturated rings. The van der Waals surface area contributed by atoms with Crippen molar-refractivity contribution in [3.05, 3.63) is 93.6 Å². The van der Waals surface area contributed by atoms with Gasteiger partial charge in [-0.2, -0.15) is 0 Å². The summed E-state index contributed by atoms with van der Waals surface area (Å²) in [6.45, 7) is 1.76. The van der Waals surface area contributed by atoms with Gasteiger partial charge < -0.3 is 5.32 Å². The largest absolute Gasteiger partial charge is 0.322 e. The van der Waals surface area contributed by atoms with E-state index in [-0.39, 0.29) is 11.5 Å². The number of anilines is 1. The third-order valence-electron chi connectivity index (χ3n) is 4.30. The maximum absolute atomic E-state index is 12.8. The molecule has 0 unspecified atom stereocenters. The molecule has 138 valence electrons. The molecule has 0 bridgehead atoms. The predicted molar refractivity (Wildman–Crippen MR) is 109 cm³/mol. The molecule has 2 aromatic heterocycles. The Bertz CT molecular complexity index is 1230. The van der Waals surface area contributed by atoms with Crippen LogP contribution in [0.1, 0.15) is 16.2 Å². The molecule has 6 nitrogen and oxygen atoms in total. The summed E-state index contributed by atoms with van der Waals surface area (Å²) in [6.07, 6.45) is 1.61. The number of nitrogens with zero attached hydrogens (tertiary/aromatic N) is 3. The molecule has 7 heteroatoms. The van der Waals surface area contributed by atoms with Crippen molar-refractivity contribution in [3.8, 4) is 5.69 Å². The highest BCUT2D eigenvalue weighted by molar-refractivity contribution is 6.30. The van der Waals surface area contributed by atoms with E-state index in [9.17, 15) is 9.59 Å². The lowest BCUT2D eigenvalue weighted by Gasteiger charge is -2.11.